The number of pyridine rings is 1. The van der Waals surface area contributed by atoms with Crippen LogP contribution in [-0.2, 0) is 6.54 Å². The van der Waals surface area contributed by atoms with Crippen LogP contribution < -0.4 is 10.9 Å². The highest BCUT2D eigenvalue weighted by atomic mass is 16.1. The molecule has 1 saturated carbocycles. The molecular weight excluding hydrogens is 324 g/mol. The number of benzene rings is 1. The first-order valence-electron chi connectivity index (χ1n) is 9.48. The minimum absolute atomic E-state index is 0.0117. The molecule has 4 rings (SSSR count). The largest absolute Gasteiger partial charge is 0.324 e. The molecule has 26 heavy (non-hydrogen) atoms. The van der Waals surface area contributed by atoms with Gasteiger partial charge in [0.25, 0.3) is 5.56 Å². The van der Waals surface area contributed by atoms with Crippen LogP contribution in [0.1, 0.15) is 38.5 Å². The van der Waals surface area contributed by atoms with Crippen molar-refractivity contribution in [2.75, 3.05) is 5.32 Å². The van der Waals surface area contributed by atoms with E-state index in [-0.39, 0.29) is 5.56 Å². The molecule has 3 aromatic rings. The van der Waals surface area contributed by atoms with E-state index in [0.717, 1.165) is 30.0 Å². The zero-order valence-corrected chi connectivity index (χ0v) is 14.9. The first kappa shape index (κ1) is 16.8. The Bertz CT molecular complexity index is 930. The Morgan fingerprint density at radius 3 is 2.65 bits per heavy atom. The summed E-state index contributed by atoms with van der Waals surface area (Å²) in [6.07, 6.45) is 9.40. The minimum Gasteiger partial charge on any atom is -0.324 e. The molecule has 134 valence electrons. The Morgan fingerprint density at radius 1 is 1.04 bits per heavy atom. The molecule has 0 amide bonds. The third-order valence-electron chi connectivity index (χ3n) is 5.24. The van der Waals surface area contributed by atoms with Gasteiger partial charge in [-0.1, -0.05) is 50.3 Å². The second-order valence-corrected chi connectivity index (χ2v) is 7.08. The van der Waals surface area contributed by atoms with Gasteiger partial charge in [0, 0.05) is 29.9 Å². The molecule has 0 bridgehead atoms. The molecule has 0 aliphatic heterocycles. The predicted octanol–water partition coefficient (Wildman–Crippen LogP) is 4.51. The van der Waals surface area contributed by atoms with E-state index in [1.807, 2.05) is 34.9 Å². The molecule has 5 heteroatoms. The molecule has 2 aromatic heterocycles. The van der Waals surface area contributed by atoms with E-state index >= 15 is 0 Å². The molecule has 1 aliphatic rings. The predicted molar refractivity (Wildman–Crippen MR) is 105 cm³/mol. The van der Waals surface area contributed by atoms with Gasteiger partial charge < -0.3 is 5.32 Å². The zero-order chi connectivity index (χ0) is 17.8. The summed E-state index contributed by atoms with van der Waals surface area (Å²) >= 11 is 0. The monoisotopic (exact) mass is 348 g/mol. The van der Waals surface area contributed by atoms with E-state index < -0.39 is 0 Å². The average molecular weight is 348 g/mol. The lowest BCUT2D eigenvalue weighted by Gasteiger charge is -2.22. The Morgan fingerprint density at radius 2 is 1.85 bits per heavy atom. The number of nitrogens with one attached hydrogen (secondary N) is 1. The van der Waals surface area contributed by atoms with Gasteiger partial charge >= 0.3 is 0 Å². The summed E-state index contributed by atoms with van der Waals surface area (Å²) in [5.74, 6) is 1.25. The molecular formula is C21H24N4O. The third kappa shape index (κ3) is 3.77. The number of fused-ring (bicyclic) bond motifs is 1. The Kier molecular flexibility index (Phi) is 4.95. The molecule has 0 unspecified atom stereocenters. The molecule has 1 N–H and O–H groups in total. The fourth-order valence-corrected chi connectivity index (χ4v) is 3.79. The van der Waals surface area contributed by atoms with Crippen molar-refractivity contribution in [1.82, 2.24) is 14.5 Å². The number of hydrogen-bond acceptors (Lipinski definition) is 4. The first-order chi connectivity index (χ1) is 12.8. The van der Waals surface area contributed by atoms with Crippen LogP contribution in [0.4, 0.5) is 11.6 Å². The van der Waals surface area contributed by atoms with E-state index in [9.17, 15) is 4.79 Å². The fraction of sp³-hybridized carbons (Fsp3) is 0.381. The van der Waals surface area contributed by atoms with Crippen molar-refractivity contribution in [3.05, 3.63) is 59.0 Å². The van der Waals surface area contributed by atoms with E-state index in [4.69, 9.17) is 0 Å². The maximum atomic E-state index is 12.5. The number of para-hydroxylation sites is 1. The van der Waals surface area contributed by atoms with Crippen molar-refractivity contribution in [2.45, 2.75) is 45.1 Å². The van der Waals surface area contributed by atoms with Crippen molar-refractivity contribution in [3.63, 3.8) is 0 Å². The summed E-state index contributed by atoms with van der Waals surface area (Å²) in [5.41, 5.74) is 1.65. The molecule has 1 fully saturated rings. The standard InChI is InChI=1S/C21H24N4O/c26-19-12-11-17-15-22-21(23-18-9-5-2-6-10-18)24-20(17)25(19)14-13-16-7-3-1-4-8-16/h2,5-6,9-12,15-16H,1,3-4,7-8,13-14H2,(H,22,23,24). The Hall–Kier alpha value is -2.69. The second kappa shape index (κ2) is 7.68. The van der Waals surface area contributed by atoms with E-state index in [1.54, 1.807) is 18.3 Å². The number of aromatic nitrogens is 3. The van der Waals surface area contributed by atoms with E-state index in [1.165, 1.54) is 32.1 Å². The van der Waals surface area contributed by atoms with Gasteiger partial charge in [-0.3, -0.25) is 9.36 Å². The maximum Gasteiger partial charge on any atom is 0.252 e. The summed E-state index contributed by atoms with van der Waals surface area (Å²) in [7, 11) is 0. The van der Waals surface area contributed by atoms with Gasteiger partial charge in [-0.05, 0) is 30.5 Å². The summed E-state index contributed by atoms with van der Waals surface area (Å²) in [4.78, 5) is 21.5. The number of aryl methyl sites for hydroxylation is 1. The van der Waals surface area contributed by atoms with Crippen molar-refractivity contribution in [3.8, 4) is 0 Å². The minimum atomic E-state index is 0.0117. The molecule has 0 saturated heterocycles. The van der Waals surface area contributed by atoms with Gasteiger partial charge in [0.15, 0.2) is 0 Å². The summed E-state index contributed by atoms with van der Waals surface area (Å²) < 4.78 is 1.81. The lowest BCUT2D eigenvalue weighted by atomic mass is 9.87. The number of anilines is 2. The van der Waals surface area contributed by atoms with Gasteiger partial charge in [0.05, 0.1) is 0 Å². The molecule has 1 aliphatic carbocycles. The highest BCUT2D eigenvalue weighted by molar-refractivity contribution is 5.75. The number of hydrogen-bond donors (Lipinski definition) is 1. The van der Waals surface area contributed by atoms with Gasteiger partial charge in [-0.15, -0.1) is 0 Å². The topological polar surface area (TPSA) is 59.8 Å². The molecule has 0 spiro atoms. The normalized spacial score (nSPS) is 15.2. The van der Waals surface area contributed by atoms with E-state index in [2.05, 4.69) is 15.3 Å². The maximum absolute atomic E-state index is 12.5. The number of nitrogens with zero attached hydrogens (tertiary/aromatic N) is 3. The lowest BCUT2D eigenvalue weighted by molar-refractivity contribution is 0.324. The van der Waals surface area contributed by atoms with Crippen molar-refractivity contribution < 1.29 is 0 Å². The lowest BCUT2D eigenvalue weighted by Crippen LogP contribution is -2.22. The smallest absolute Gasteiger partial charge is 0.252 e. The highest BCUT2D eigenvalue weighted by Gasteiger charge is 2.15. The van der Waals surface area contributed by atoms with Crippen LogP contribution in [0.15, 0.2) is 53.5 Å². The fourth-order valence-electron chi connectivity index (χ4n) is 3.79. The van der Waals surface area contributed by atoms with Gasteiger partial charge in [0.2, 0.25) is 5.95 Å². The SMILES string of the molecule is O=c1ccc2cnc(Nc3ccccc3)nc2n1CCC1CCCCC1. The quantitative estimate of drug-likeness (QED) is 0.737. The second-order valence-electron chi connectivity index (χ2n) is 7.08. The van der Waals surface area contributed by atoms with Gasteiger partial charge in [0.1, 0.15) is 5.65 Å². The van der Waals surface area contributed by atoms with Crippen LogP contribution in [0.25, 0.3) is 11.0 Å². The molecule has 0 radical (unpaired) electrons. The summed E-state index contributed by atoms with van der Waals surface area (Å²) in [6, 6.07) is 13.3. The van der Waals surface area contributed by atoms with Crippen LogP contribution in [0, 0.1) is 5.92 Å². The van der Waals surface area contributed by atoms with Crippen LogP contribution in [0.5, 0.6) is 0 Å². The van der Waals surface area contributed by atoms with Crippen molar-refractivity contribution >= 4 is 22.7 Å². The third-order valence-corrected chi connectivity index (χ3v) is 5.24. The average Bonchev–Trinajstić information content (AvgIpc) is 2.69. The zero-order valence-electron chi connectivity index (χ0n) is 14.9. The Balaban J connectivity index is 1.61. The molecule has 1 aromatic carbocycles. The number of rotatable bonds is 5. The highest BCUT2D eigenvalue weighted by Crippen LogP contribution is 2.27. The molecule has 0 atom stereocenters. The molecule has 2 heterocycles. The van der Waals surface area contributed by atoms with Crippen LogP contribution in [0.2, 0.25) is 0 Å². The van der Waals surface area contributed by atoms with E-state index in [0.29, 0.717) is 11.6 Å². The van der Waals surface area contributed by atoms with Crippen LogP contribution in [0.3, 0.4) is 0 Å². The van der Waals surface area contributed by atoms with Crippen LogP contribution in [-0.4, -0.2) is 14.5 Å². The van der Waals surface area contributed by atoms with Crippen molar-refractivity contribution in [1.29, 1.82) is 0 Å². The first-order valence-corrected chi connectivity index (χ1v) is 9.48. The van der Waals surface area contributed by atoms with Crippen molar-refractivity contribution in [2.24, 2.45) is 5.92 Å². The van der Waals surface area contributed by atoms with Gasteiger partial charge in [-0.2, -0.15) is 4.98 Å². The van der Waals surface area contributed by atoms with Crippen LogP contribution >= 0.6 is 0 Å². The summed E-state index contributed by atoms with van der Waals surface area (Å²) in [6.45, 7) is 0.725. The Labute approximate surface area is 153 Å². The molecule has 5 nitrogen and oxygen atoms in total. The summed E-state index contributed by atoms with van der Waals surface area (Å²) in [5, 5.41) is 4.11. The van der Waals surface area contributed by atoms with Gasteiger partial charge in [-0.25, -0.2) is 4.98 Å².